The van der Waals surface area contributed by atoms with Crippen LogP contribution in [0.1, 0.15) is 27.9 Å². The first-order valence-corrected chi connectivity index (χ1v) is 8.78. The van der Waals surface area contributed by atoms with Crippen molar-refractivity contribution in [3.63, 3.8) is 0 Å². The number of aryl methyl sites for hydroxylation is 2. The summed E-state index contributed by atoms with van der Waals surface area (Å²) in [5.74, 6) is 0.400. The molecule has 5 nitrogen and oxygen atoms in total. The third kappa shape index (κ3) is 2.67. The van der Waals surface area contributed by atoms with E-state index >= 15 is 0 Å². The first kappa shape index (κ1) is 14.8. The highest BCUT2D eigenvalue weighted by molar-refractivity contribution is 7.16. The summed E-state index contributed by atoms with van der Waals surface area (Å²) >= 11 is 1.64. The summed E-state index contributed by atoms with van der Waals surface area (Å²) in [7, 11) is 0. The Hall–Kier alpha value is -1.76. The summed E-state index contributed by atoms with van der Waals surface area (Å²) in [6.45, 7) is 6.84. The van der Waals surface area contributed by atoms with Gasteiger partial charge in [0.2, 0.25) is 4.96 Å². The molecule has 0 amide bonds. The van der Waals surface area contributed by atoms with E-state index in [0.29, 0.717) is 5.92 Å². The van der Waals surface area contributed by atoms with Crippen LogP contribution in [0, 0.1) is 13.8 Å². The average molecular weight is 327 g/mol. The molecule has 0 unspecified atom stereocenters. The van der Waals surface area contributed by atoms with E-state index in [4.69, 9.17) is 5.73 Å². The molecule has 1 aliphatic heterocycles. The molecule has 1 fully saturated rings. The number of fused-ring (bicyclic) bond motifs is 1. The molecular weight excluding hydrogens is 306 g/mol. The van der Waals surface area contributed by atoms with Crippen molar-refractivity contribution in [1.82, 2.24) is 19.5 Å². The molecular formula is C17H21N5S. The Morgan fingerprint density at radius 3 is 2.78 bits per heavy atom. The smallest absolute Gasteiger partial charge is 0.212 e. The molecule has 6 heteroatoms. The second-order valence-electron chi connectivity index (χ2n) is 6.33. The zero-order valence-electron chi connectivity index (χ0n) is 13.4. The number of imidazole rings is 1. The van der Waals surface area contributed by atoms with Gasteiger partial charge in [0.25, 0.3) is 0 Å². The third-order valence-corrected chi connectivity index (χ3v) is 5.46. The maximum Gasteiger partial charge on any atom is 0.212 e. The van der Waals surface area contributed by atoms with Crippen molar-refractivity contribution in [3.05, 3.63) is 52.3 Å². The van der Waals surface area contributed by atoms with Gasteiger partial charge in [-0.25, -0.2) is 9.50 Å². The summed E-state index contributed by atoms with van der Waals surface area (Å²) in [6, 6.07) is 10.8. The minimum absolute atomic E-state index is 0.179. The minimum atomic E-state index is 0.179. The van der Waals surface area contributed by atoms with Gasteiger partial charge in [0.05, 0.1) is 11.4 Å². The molecule has 4 rings (SSSR count). The van der Waals surface area contributed by atoms with Crippen LogP contribution in [0.15, 0.2) is 30.3 Å². The van der Waals surface area contributed by atoms with Crippen molar-refractivity contribution < 1.29 is 0 Å². The third-order valence-electron chi connectivity index (χ3n) is 4.64. The maximum atomic E-state index is 6.41. The summed E-state index contributed by atoms with van der Waals surface area (Å²) in [5, 5.41) is 5.64. The van der Waals surface area contributed by atoms with E-state index in [1.807, 2.05) is 11.4 Å². The number of hydrogen-bond acceptors (Lipinski definition) is 5. The monoisotopic (exact) mass is 327 g/mol. The predicted octanol–water partition coefficient (Wildman–Crippen LogP) is 2.33. The van der Waals surface area contributed by atoms with Crippen LogP contribution in [0.2, 0.25) is 0 Å². The van der Waals surface area contributed by atoms with Gasteiger partial charge in [0, 0.05) is 31.6 Å². The molecule has 1 saturated heterocycles. The highest BCUT2D eigenvalue weighted by atomic mass is 32.1. The van der Waals surface area contributed by atoms with Gasteiger partial charge in [-0.05, 0) is 19.4 Å². The van der Waals surface area contributed by atoms with E-state index in [9.17, 15) is 0 Å². The minimum Gasteiger partial charge on any atom is -0.326 e. The van der Waals surface area contributed by atoms with Crippen molar-refractivity contribution in [2.75, 3.05) is 13.1 Å². The van der Waals surface area contributed by atoms with Crippen LogP contribution in [0.3, 0.4) is 0 Å². The largest absolute Gasteiger partial charge is 0.326 e. The molecule has 3 aromatic rings. The highest BCUT2D eigenvalue weighted by Crippen LogP contribution is 2.28. The Labute approximate surface area is 139 Å². The Bertz CT molecular complexity index is 822. The SMILES string of the molecule is Cc1nn2c(CN3C[C@@H](N)[C@H](c4ccccc4)C3)c(C)nc2s1. The number of hydrogen-bond donors (Lipinski definition) is 1. The number of benzene rings is 1. The lowest BCUT2D eigenvalue weighted by Crippen LogP contribution is -2.28. The van der Waals surface area contributed by atoms with Crippen LogP contribution in [-0.2, 0) is 6.54 Å². The fourth-order valence-corrected chi connectivity index (χ4v) is 4.28. The van der Waals surface area contributed by atoms with Crippen molar-refractivity contribution in [1.29, 1.82) is 0 Å². The highest BCUT2D eigenvalue weighted by Gasteiger charge is 2.32. The molecule has 0 radical (unpaired) electrons. The van der Waals surface area contributed by atoms with E-state index < -0.39 is 0 Å². The summed E-state index contributed by atoms with van der Waals surface area (Å²) < 4.78 is 2.00. The lowest BCUT2D eigenvalue weighted by atomic mass is 9.95. The molecule has 2 aromatic heterocycles. The molecule has 0 saturated carbocycles. The second kappa shape index (κ2) is 5.70. The van der Waals surface area contributed by atoms with Crippen LogP contribution < -0.4 is 5.73 Å². The summed E-state index contributed by atoms with van der Waals surface area (Å²) in [4.78, 5) is 8.04. The van der Waals surface area contributed by atoms with Crippen LogP contribution in [0.5, 0.6) is 0 Å². The lowest BCUT2D eigenvalue weighted by molar-refractivity contribution is 0.316. The van der Waals surface area contributed by atoms with E-state index in [0.717, 1.165) is 35.3 Å². The number of aromatic nitrogens is 3. The van der Waals surface area contributed by atoms with Gasteiger partial charge in [-0.1, -0.05) is 41.7 Å². The molecule has 1 aliphatic rings. The zero-order chi connectivity index (χ0) is 16.0. The molecule has 3 heterocycles. The van der Waals surface area contributed by atoms with E-state index in [1.165, 1.54) is 11.3 Å². The quantitative estimate of drug-likeness (QED) is 0.802. The van der Waals surface area contributed by atoms with Crippen LogP contribution in [0.4, 0.5) is 0 Å². The Kier molecular flexibility index (Phi) is 3.67. The Morgan fingerprint density at radius 2 is 2.00 bits per heavy atom. The summed E-state index contributed by atoms with van der Waals surface area (Å²) in [5.41, 5.74) is 10.00. The van der Waals surface area contributed by atoms with Gasteiger partial charge in [-0.15, -0.1) is 0 Å². The first-order chi connectivity index (χ1) is 11.1. The standard InChI is InChI=1S/C17H21N5S/c1-11-16(22-17(19-11)23-12(2)20-22)10-21-8-14(15(18)9-21)13-6-4-3-5-7-13/h3-7,14-15H,8-10,18H2,1-2H3/t14-,15+/m0/s1. The molecule has 0 spiro atoms. The number of likely N-dealkylation sites (tertiary alicyclic amines) is 1. The number of nitrogens with two attached hydrogens (primary N) is 1. The molecule has 1 aromatic carbocycles. The van der Waals surface area contributed by atoms with Gasteiger partial charge < -0.3 is 5.73 Å². The van der Waals surface area contributed by atoms with Crippen molar-refractivity contribution >= 4 is 16.3 Å². The predicted molar refractivity (Wildman–Crippen MR) is 92.8 cm³/mol. The van der Waals surface area contributed by atoms with E-state index in [2.05, 4.69) is 52.2 Å². The molecule has 0 bridgehead atoms. The van der Waals surface area contributed by atoms with Crippen molar-refractivity contribution in [2.45, 2.75) is 32.4 Å². The molecule has 120 valence electrons. The number of nitrogens with zero attached hydrogens (tertiary/aromatic N) is 4. The van der Waals surface area contributed by atoms with E-state index in [1.54, 1.807) is 11.3 Å². The average Bonchev–Trinajstić information content (AvgIpc) is 3.15. The van der Waals surface area contributed by atoms with Crippen LogP contribution in [-0.4, -0.2) is 38.6 Å². The first-order valence-electron chi connectivity index (χ1n) is 7.96. The molecule has 2 atom stereocenters. The van der Waals surface area contributed by atoms with E-state index in [-0.39, 0.29) is 6.04 Å². The van der Waals surface area contributed by atoms with Gasteiger partial charge in [0.1, 0.15) is 5.01 Å². The molecule has 2 N–H and O–H groups in total. The van der Waals surface area contributed by atoms with Crippen LogP contribution >= 0.6 is 11.3 Å². The van der Waals surface area contributed by atoms with Gasteiger partial charge in [-0.3, -0.25) is 4.90 Å². The maximum absolute atomic E-state index is 6.41. The fourth-order valence-electron chi connectivity index (χ4n) is 3.48. The van der Waals surface area contributed by atoms with Crippen molar-refractivity contribution in [2.24, 2.45) is 5.73 Å². The fraction of sp³-hybridized carbons (Fsp3) is 0.412. The molecule has 0 aliphatic carbocycles. The van der Waals surface area contributed by atoms with Gasteiger partial charge >= 0.3 is 0 Å². The Morgan fingerprint density at radius 1 is 1.22 bits per heavy atom. The van der Waals surface area contributed by atoms with Crippen molar-refractivity contribution in [3.8, 4) is 0 Å². The number of rotatable bonds is 3. The normalized spacial score (nSPS) is 22.2. The molecule has 23 heavy (non-hydrogen) atoms. The zero-order valence-corrected chi connectivity index (χ0v) is 14.3. The summed E-state index contributed by atoms with van der Waals surface area (Å²) in [6.07, 6.45) is 0. The topological polar surface area (TPSA) is 59.5 Å². The van der Waals surface area contributed by atoms with Crippen LogP contribution in [0.25, 0.3) is 4.96 Å². The lowest BCUT2D eigenvalue weighted by Gasteiger charge is -2.16. The second-order valence-corrected chi connectivity index (χ2v) is 7.49. The Balaban J connectivity index is 1.56. The van der Waals surface area contributed by atoms with Gasteiger partial charge in [-0.2, -0.15) is 5.10 Å². The van der Waals surface area contributed by atoms with Gasteiger partial charge in [0.15, 0.2) is 0 Å².